The number of anilines is 1. The van der Waals surface area contributed by atoms with Gasteiger partial charge >= 0.3 is 0 Å². The summed E-state index contributed by atoms with van der Waals surface area (Å²) >= 11 is 12.5. The number of Topliss-reactive ketones (excluding diaryl/α,β-unsaturated/α-hetero) is 1. The summed E-state index contributed by atoms with van der Waals surface area (Å²) in [5.74, 6) is -0.211. The van der Waals surface area contributed by atoms with Gasteiger partial charge in [0.15, 0.2) is 5.78 Å². The van der Waals surface area contributed by atoms with Gasteiger partial charge in [-0.3, -0.25) is 14.5 Å². The quantitative estimate of drug-likeness (QED) is 0.636. The molecule has 0 saturated carbocycles. The van der Waals surface area contributed by atoms with E-state index in [1.807, 2.05) is 37.3 Å². The molecule has 5 heteroatoms. The summed E-state index contributed by atoms with van der Waals surface area (Å²) in [5, 5.41) is 1.03. The summed E-state index contributed by atoms with van der Waals surface area (Å²) in [5.41, 5.74) is 4.21. The maximum Gasteiger partial charge on any atom is 0.232 e. The molecule has 2 aliphatic rings. The van der Waals surface area contributed by atoms with Gasteiger partial charge in [-0.05, 0) is 49.1 Å². The average Bonchev–Trinajstić information content (AvgIpc) is 2.62. The van der Waals surface area contributed by atoms with Crippen LogP contribution in [0.15, 0.2) is 53.7 Å². The van der Waals surface area contributed by atoms with Gasteiger partial charge < -0.3 is 0 Å². The van der Waals surface area contributed by atoms with E-state index in [-0.39, 0.29) is 24.0 Å². The predicted octanol–water partition coefficient (Wildman–Crippen LogP) is 5.83. The number of allylic oxidation sites excluding steroid dienone is 2. The van der Waals surface area contributed by atoms with E-state index in [1.54, 1.807) is 17.0 Å². The summed E-state index contributed by atoms with van der Waals surface area (Å²) in [6.45, 7) is 1.98. The van der Waals surface area contributed by atoms with Crippen molar-refractivity contribution in [2.75, 3.05) is 4.90 Å². The summed E-state index contributed by atoms with van der Waals surface area (Å²) in [6.07, 6.45) is 2.20. The number of rotatable bonds is 2. The van der Waals surface area contributed by atoms with Crippen LogP contribution in [-0.4, -0.2) is 11.7 Å². The van der Waals surface area contributed by atoms with Crippen molar-refractivity contribution in [1.29, 1.82) is 0 Å². The first-order chi connectivity index (χ1) is 13.0. The normalized spacial score (nSPS) is 20.1. The standard InChI is InChI=1S/C22H19Cl2NO2/c1-13-5-2-3-6-18(13)25-19-7-4-8-20(26)22(19)16(12-21(25)27)15-10-9-14(23)11-17(15)24/h2-3,5-6,9-11,16H,4,7-8,12H2,1H3. The fourth-order valence-corrected chi connectivity index (χ4v) is 4.68. The lowest BCUT2D eigenvalue weighted by atomic mass is 9.77. The average molecular weight is 400 g/mol. The van der Waals surface area contributed by atoms with Gasteiger partial charge in [0, 0.05) is 40.1 Å². The van der Waals surface area contributed by atoms with Crippen LogP contribution in [0.3, 0.4) is 0 Å². The predicted molar refractivity (Wildman–Crippen MR) is 108 cm³/mol. The Labute approximate surface area is 168 Å². The van der Waals surface area contributed by atoms with Crippen LogP contribution in [0.4, 0.5) is 5.69 Å². The highest BCUT2D eigenvalue weighted by molar-refractivity contribution is 6.35. The molecular weight excluding hydrogens is 381 g/mol. The van der Waals surface area contributed by atoms with Gasteiger partial charge in [-0.15, -0.1) is 0 Å². The van der Waals surface area contributed by atoms with Crippen LogP contribution < -0.4 is 4.90 Å². The van der Waals surface area contributed by atoms with E-state index in [2.05, 4.69) is 0 Å². The molecule has 4 rings (SSSR count). The van der Waals surface area contributed by atoms with Crippen molar-refractivity contribution >= 4 is 40.6 Å². The molecule has 2 aromatic carbocycles. The zero-order valence-corrected chi connectivity index (χ0v) is 16.5. The van der Waals surface area contributed by atoms with E-state index < -0.39 is 0 Å². The maximum absolute atomic E-state index is 13.2. The van der Waals surface area contributed by atoms with Gasteiger partial charge in [0.05, 0.1) is 5.69 Å². The molecule has 0 bridgehead atoms. The van der Waals surface area contributed by atoms with E-state index in [4.69, 9.17) is 23.2 Å². The number of amides is 1. The van der Waals surface area contributed by atoms with Crippen LogP contribution in [0.5, 0.6) is 0 Å². The van der Waals surface area contributed by atoms with Crippen molar-refractivity contribution in [2.24, 2.45) is 0 Å². The number of nitrogens with zero attached hydrogens (tertiary/aromatic N) is 1. The first-order valence-electron chi connectivity index (χ1n) is 9.07. The summed E-state index contributed by atoms with van der Waals surface area (Å²) in [6, 6.07) is 13.0. The highest BCUT2D eigenvalue weighted by Gasteiger charge is 2.40. The molecule has 1 aliphatic carbocycles. The lowest BCUT2D eigenvalue weighted by Crippen LogP contribution is -2.41. The number of hydrogen-bond acceptors (Lipinski definition) is 2. The first-order valence-corrected chi connectivity index (χ1v) is 9.82. The fourth-order valence-electron chi connectivity index (χ4n) is 4.14. The topological polar surface area (TPSA) is 37.4 Å². The van der Waals surface area contributed by atoms with Crippen LogP contribution in [-0.2, 0) is 9.59 Å². The van der Waals surface area contributed by atoms with Gasteiger partial charge in [0.1, 0.15) is 0 Å². The number of para-hydroxylation sites is 1. The Balaban J connectivity index is 1.90. The van der Waals surface area contributed by atoms with Crippen LogP contribution in [0.2, 0.25) is 10.0 Å². The minimum Gasteiger partial charge on any atom is -0.294 e. The maximum atomic E-state index is 13.2. The molecule has 0 fully saturated rings. The Hall–Kier alpha value is -2.10. The monoisotopic (exact) mass is 399 g/mol. The third-order valence-corrected chi connectivity index (χ3v) is 5.93. The first kappa shape index (κ1) is 18.3. The fraction of sp³-hybridized carbons (Fsp3) is 0.273. The minimum absolute atomic E-state index is 0.00577. The van der Waals surface area contributed by atoms with Crippen molar-refractivity contribution in [2.45, 2.75) is 38.5 Å². The Morgan fingerprint density at radius 1 is 1.04 bits per heavy atom. The van der Waals surface area contributed by atoms with Crippen LogP contribution >= 0.6 is 23.2 Å². The molecule has 1 atom stereocenters. The Morgan fingerprint density at radius 2 is 1.81 bits per heavy atom. The molecule has 3 nitrogen and oxygen atoms in total. The van der Waals surface area contributed by atoms with Crippen molar-refractivity contribution in [3.05, 3.63) is 74.9 Å². The summed E-state index contributed by atoms with van der Waals surface area (Å²) in [4.78, 5) is 27.8. The van der Waals surface area contributed by atoms with Gasteiger partial charge in [-0.25, -0.2) is 0 Å². The zero-order chi connectivity index (χ0) is 19.1. The van der Waals surface area contributed by atoms with Gasteiger partial charge in [0.2, 0.25) is 5.91 Å². The second-order valence-corrected chi connectivity index (χ2v) is 7.92. The Bertz CT molecular complexity index is 980. The van der Waals surface area contributed by atoms with Crippen molar-refractivity contribution in [1.82, 2.24) is 0 Å². The molecular formula is C22H19Cl2NO2. The van der Waals surface area contributed by atoms with Gasteiger partial charge in [-0.2, -0.15) is 0 Å². The van der Waals surface area contributed by atoms with Crippen LogP contribution in [0.25, 0.3) is 0 Å². The lowest BCUT2D eigenvalue weighted by molar-refractivity contribution is -0.119. The highest BCUT2D eigenvalue weighted by atomic mass is 35.5. The summed E-state index contributed by atoms with van der Waals surface area (Å²) < 4.78 is 0. The number of hydrogen-bond donors (Lipinski definition) is 0. The van der Waals surface area contributed by atoms with Crippen molar-refractivity contribution < 1.29 is 9.59 Å². The van der Waals surface area contributed by atoms with Gasteiger partial charge in [0.25, 0.3) is 0 Å². The number of carbonyl (C=O) groups is 2. The minimum atomic E-state index is -0.315. The number of benzene rings is 2. The number of halogens is 2. The number of ketones is 1. The number of carbonyl (C=O) groups excluding carboxylic acids is 2. The molecule has 1 aliphatic heterocycles. The van der Waals surface area contributed by atoms with E-state index in [1.165, 1.54) is 0 Å². The van der Waals surface area contributed by atoms with Gasteiger partial charge in [-0.1, -0.05) is 47.5 Å². The molecule has 1 unspecified atom stereocenters. The number of aryl methyl sites for hydroxylation is 1. The molecule has 0 radical (unpaired) electrons. The summed E-state index contributed by atoms with van der Waals surface area (Å²) in [7, 11) is 0. The second kappa shape index (κ2) is 7.14. The highest BCUT2D eigenvalue weighted by Crippen LogP contribution is 2.45. The van der Waals surface area contributed by atoms with E-state index >= 15 is 0 Å². The van der Waals surface area contributed by atoms with Crippen molar-refractivity contribution in [3.8, 4) is 0 Å². The molecule has 0 saturated heterocycles. The van der Waals surface area contributed by atoms with E-state index in [9.17, 15) is 9.59 Å². The second-order valence-electron chi connectivity index (χ2n) is 7.08. The molecule has 0 spiro atoms. The SMILES string of the molecule is Cc1ccccc1N1C(=O)CC(c2ccc(Cl)cc2Cl)C2=C1CCCC2=O. The smallest absolute Gasteiger partial charge is 0.232 e. The third kappa shape index (κ3) is 3.19. The molecule has 1 heterocycles. The molecule has 0 N–H and O–H groups in total. The largest absolute Gasteiger partial charge is 0.294 e. The molecule has 27 heavy (non-hydrogen) atoms. The van der Waals surface area contributed by atoms with Crippen molar-refractivity contribution in [3.63, 3.8) is 0 Å². The van der Waals surface area contributed by atoms with Crippen LogP contribution in [0.1, 0.15) is 42.7 Å². The van der Waals surface area contributed by atoms with E-state index in [0.29, 0.717) is 22.9 Å². The molecule has 1 amide bonds. The third-order valence-electron chi connectivity index (χ3n) is 5.37. The molecule has 0 aromatic heterocycles. The Kier molecular flexibility index (Phi) is 4.83. The zero-order valence-electron chi connectivity index (χ0n) is 15.0. The Morgan fingerprint density at radius 3 is 2.56 bits per heavy atom. The lowest BCUT2D eigenvalue weighted by Gasteiger charge is -2.39. The van der Waals surface area contributed by atoms with E-state index in [0.717, 1.165) is 34.5 Å². The van der Waals surface area contributed by atoms with Crippen LogP contribution in [0, 0.1) is 6.92 Å². The molecule has 138 valence electrons. The molecule has 2 aromatic rings.